The van der Waals surface area contributed by atoms with Crippen molar-refractivity contribution in [2.75, 3.05) is 59.8 Å². The van der Waals surface area contributed by atoms with Gasteiger partial charge in [-0.15, -0.1) is 0 Å². The van der Waals surface area contributed by atoms with E-state index in [1.807, 2.05) is 19.1 Å². The number of thiocarbonyl (C=S) groups is 1. The maximum Gasteiger partial charge on any atom is 0.260 e. The van der Waals surface area contributed by atoms with Crippen LogP contribution in [0.4, 0.5) is 0 Å². The lowest BCUT2D eigenvalue weighted by molar-refractivity contribution is -0.137. The molecule has 0 unspecified atom stereocenters. The van der Waals surface area contributed by atoms with Gasteiger partial charge in [0.15, 0.2) is 18.1 Å². The fraction of sp³-hybridized carbons (Fsp3) is 0.556. The standard InChI is InChI=1S/C18H26N2O5S/c1-3-24-16-12-14(18(26)19-6-9-22-2)4-5-15(16)25-13-17(21)20-7-10-23-11-8-20/h4-5,12H,3,6-11,13H2,1-2H3,(H,19,26). The van der Waals surface area contributed by atoms with Crippen LogP contribution >= 0.6 is 12.2 Å². The number of benzene rings is 1. The first kappa shape index (κ1) is 20.4. The van der Waals surface area contributed by atoms with Gasteiger partial charge in [-0.2, -0.15) is 0 Å². The summed E-state index contributed by atoms with van der Waals surface area (Å²) in [6, 6.07) is 5.44. The molecule has 1 N–H and O–H groups in total. The highest BCUT2D eigenvalue weighted by atomic mass is 32.1. The molecule has 1 fully saturated rings. The van der Waals surface area contributed by atoms with Gasteiger partial charge < -0.3 is 29.2 Å². The molecule has 0 bridgehead atoms. The van der Waals surface area contributed by atoms with Crippen LogP contribution < -0.4 is 14.8 Å². The Labute approximate surface area is 159 Å². The third-order valence-electron chi connectivity index (χ3n) is 3.81. The summed E-state index contributed by atoms with van der Waals surface area (Å²) in [4.78, 5) is 14.6. The van der Waals surface area contributed by atoms with Crippen molar-refractivity contribution in [2.45, 2.75) is 6.92 Å². The summed E-state index contributed by atoms with van der Waals surface area (Å²) < 4.78 is 21.6. The third kappa shape index (κ3) is 6.12. The number of nitrogens with zero attached hydrogens (tertiary/aromatic N) is 1. The molecule has 0 aromatic heterocycles. The molecule has 26 heavy (non-hydrogen) atoms. The van der Waals surface area contributed by atoms with Gasteiger partial charge in [-0.1, -0.05) is 12.2 Å². The predicted octanol–water partition coefficient (Wildman–Crippen LogP) is 1.23. The number of methoxy groups -OCH3 is 1. The van der Waals surface area contributed by atoms with Gasteiger partial charge in [-0.3, -0.25) is 4.79 Å². The van der Waals surface area contributed by atoms with E-state index in [0.29, 0.717) is 62.5 Å². The van der Waals surface area contributed by atoms with Crippen molar-refractivity contribution in [3.05, 3.63) is 23.8 Å². The number of hydrogen-bond acceptors (Lipinski definition) is 6. The number of carbonyl (C=O) groups excluding carboxylic acids is 1. The van der Waals surface area contributed by atoms with Gasteiger partial charge in [0.1, 0.15) is 4.99 Å². The molecule has 7 nitrogen and oxygen atoms in total. The van der Waals surface area contributed by atoms with E-state index in [-0.39, 0.29) is 12.5 Å². The van der Waals surface area contributed by atoms with Crippen molar-refractivity contribution in [2.24, 2.45) is 0 Å². The second-order valence-electron chi connectivity index (χ2n) is 5.63. The summed E-state index contributed by atoms with van der Waals surface area (Å²) in [6.45, 7) is 5.88. The van der Waals surface area contributed by atoms with Crippen molar-refractivity contribution >= 4 is 23.1 Å². The minimum Gasteiger partial charge on any atom is -0.490 e. The number of morpholine rings is 1. The molecule has 0 aliphatic carbocycles. The van der Waals surface area contributed by atoms with E-state index in [9.17, 15) is 4.79 Å². The first-order valence-electron chi connectivity index (χ1n) is 8.68. The Balaban J connectivity index is 1.98. The summed E-state index contributed by atoms with van der Waals surface area (Å²) >= 11 is 5.38. The monoisotopic (exact) mass is 382 g/mol. The second kappa shape index (κ2) is 10.9. The number of ether oxygens (including phenoxy) is 4. The number of carbonyl (C=O) groups is 1. The van der Waals surface area contributed by atoms with E-state index >= 15 is 0 Å². The molecule has 0 atom stereocenters. The maximum absolute atomic E-state index is 12.2. The zero-order chi connectivity index (χ0) is 18.8. The highest BCUT2D eigenvalue weighted by molar-refractivity contribution is 7.80. The van der Waals surface area contributed by atoms with Gasteiger partial charge >= 0.3 is 0 Å². The van der Waals surface area contributed by atoms with Crippen LogP contribution in [0.15, 0.2) is 18.2 Å². The Morgan fingerprint density at radius 3 is 2.73 bits per heavy atom. The van der Waals surface area contributed by atoms with Gasteiger partial charge in [-0.05, 0) is 25.1 Å². The van der Waals surface area contributed by atoms with E-state index < -0.39 is 0 Å². The topological polar surface area (TPSA) is 69.3 Å². The van der Waals surface area contributed by atoms with Crippen LogP contribution in [0.5, 0.6) is 11.5 Å². The van der Waals surface area contributed by atoms with Gasteiger partial charge in [0, 0.05) is 32.3 Å². The third-order valence-corrected chi connectivity index (χ3v) is 4.19. The van der Waals surface area contributed by atoms with Gasteiger partial charge in [-0.25, -0.2) is 0 Å². The normalized spacial score (nSPS) is 14.0. The SMILES string of the molecule is CCOc1cc(C(=S)NCCOC)ccc1OCC(=O)N1CCOCC1. The fourth-order valence-electron chi connectivity index (χ4n) is 2.45. The lowest BCUT2D eigenvalue weighted by Crippen LogP contribution is -2.43. The molecule has 1 aliphatic rings. The average molecular weight is 382 g/mol. The van der Waals surface area contributed by atoms with E-state index in [4.69, 9.17) is 31.2 Å². The summed E-state index contributed by atoms with van der Waals surface area (Å²) in [7, 11) is 1.64. The van der Waals surface area contributed by atoms with Crippen LogP contribution in [-0.4, -0.2) is 75.6 Å². The molecule has 1 aliphatic heterocycles. The van der Waals surface area contributed by atoms with Crippen LogP contribution in [0, 0.1) is 0 Å². The predicted molar refractivity (Wildman–Crippen MR) is 102 cm³/mol. The summed E-state index contributed by atoms with van der Waals surface area (Å²) in [6.07, 6.45) is 0. The van der Waals surface area contributed by atoms with Crippen LogP contribution in [0.25, 0.3) is 0 Å². The van der Waals surface area contributed by atoms with E-state index in [1.165, 1.54) is 0 Å². The van der Waals surface area contributed by atoms with Crippen LogP contribution in [0.1, 0.15) is 12.5 Å². The van der Waals surface area contributed by atoms with Crippen molar-refractivity contribution in [3.8, 4) is 11.5 Å². The molecule has 1 amide bonds. The summed E-state index contributed by atoms with van der Waals surface area (Å²) in [5.74, 6) is 1.03. The minimum atomic E-state index is -0.0587. The lowest BCUT2D eigenvalue weighted by Gasteiger charge is -2.26. The second-order valence-corrected chi connectivity index (χ2v) is 6.03. The number of rotatable bonds is 9. The molecular formula is C18H26N2O5S. The molecule has 2 rings (SSSR count). The van der Waals surface area contributed by atoms with Gasteiger partial charge in [0.05, 0.1) is 26.4 Å². The molecule has 8 heteroatoms. The number of amides is 1. The highest BCUT2D eigenvalue weighted by Gasteiger charge is 2.18. The fourth-order valence-corrected chi connectivity index (χ4v) is 2.68. The average Bonchev–Trinajstić information content (AvgIpc) is 2.67. The largest absolute Gasteiger partial charge is 0.490 e. The Hall–Kier alpha value is -1.90. The van der Waals surface area contributed by atoms with Crippen LogP contribution in [-0.2, 0) is 14.3 Å². The molecule has 0 saturated carbocycles. The number of nitrogens with one attached hydrogen (secondary N) is 1. The Bertz CT molecular complexity index is 605. The smallest absolute Gasteiger partial charge is 0.260 e. The molecule has 1 aromatic carbocycles. The quantitative estimate of drug-likeness (QED) is 0.509. The van der Waals surface area contributed by atoms with Gasteiger partial charge in [0.2, 0.25) is 0 Å². The zero-order valence-corrected chi connectivity index (χ0v) is 16.1. The van der Waals surface area contributed by atoms with Crippen molar-refractivity contribution in [1.29, 1.82) is 0 Å². The van der Waals surface area contributed by atoms with E-state index in [1.54, 1.807) is 18.1 Å². The van der Waals surface area contributed by atoms with E-state index in [2.05, 4.69) is 5.32 Å². The molecule has 0 radical (unpaired) electrons. The first-order valence-corrected chi connectivity index (χ1v) is 9.08. The maximum atomic E-state index is 12.2. The van der Waals surface area contributed by atoms with Crippen LogP contribution in [0.3, 0.4) is 0 Å². The Kier molecular flexibility index (Phi) is 8.60. The molecular weight excluding hydrogens is 356 g/mol. The highest BCUT2D eigenvalue weighted by Crippen LogP contribution is 2.28. The van der Waals surface area contributed by atoms with Gasteiger partial charge in [0.25, 0.3) is 5.91 Å². The van der Waals surface area contributed by atoms with Crippen molar-refractivity contribution in [1.82, 2.24) is 10.2 Å². The number of hydrogen-bond donors (Lipinski definition) is 1. The lowest BCUT2D eigenvalue weighted by atomic mass is 10.2. The molecule has 1 heterocycles. The molecule has 0 spiro atoms. The Morgan fingerprint density at radius 1 is 1.27 bits per heavy atom. The Morgan fingerprint density at radius 2 is 2.04 bits per heavy atom. The van der Waals surface area contributed by atoms with Crippen LogP contribution in [0.2, 0.25) is 0 Å². The first-order chi connectivity index (χ1) is 12.7. The van der Waals surface area contributed by atoms with E-state index in [0.717, 1.165) is 5.56 Å². The van der Waals surface area contributed by atoms with Crippen molar-refractivity contribution in [3.63, 3.8) is 0 Å². The summed E-state index contributed by atoms with van der Waals surface area (Å²) in [5.41, 5.74) is 0.825. The molecule has 144 valence electrons. The minimum absolute atomic E-state index is 0.0318. The molecule has 1 aromatic rings. The zero-order valence-electron chi connectivity index (χ0n) is 15.3. The summed E-state index contributed by atoms with van der Waals surface area (Å²) in [5, 5.41) is 3.12. The molecule has 1 saturated heterocycles. The van der Waals surface area contributed by atoms with Crippen molar-refractivity contribution < 1.29 is 23.7 Å².